The third-order valence-corrected chi connectivity index (χ3v) is 3.04. The van der Waals surface area contributed by atoms with Crippen molar-refractivity contribution in [2.24, 2.45) is 0 Å². The number of carboxylic acids is 1. The highest BCUT2D eigenvalue weighted by Gasteiger charge is 2.20. The number of carbonyl (C=O) groups is 1. The number of nitrogens with zero attached hydrogens (tertiary/aromatic N) is 1. The molecule has 7 nitrogen and oxygen atoms in total. The molecule has 0 aliphatic carbocycles. The molecule has 1 aromatic carbocycles. The van der Waals surface area contributed by atoms with Crippen molar-refractivity contribution in [2.45, 2.75) is 13.5 Å². The summed E-state index contributed by atoms with van der Waals surface area (Å²) in [6.45, 7) is 1.49. The molecule has 0 amide bonds. The van der Waals surface area contributed by atoms with Crippen molar-refractivity contribution in [1.29, 1.82) is 0 Å². The Morgan fingerprint density at radius 3 is 2.81 bits per heavy atom. The van der Waals surface area contributed by atoms with Crippen molar-refractivity contribution in [3.05, 3.63) is 56.5 Å². The average Bonchev–Trinajstić information content (AvgIpc) is 2.78. The van der Waals surface area contributed by atoms with Gasteiger partial charge in [-0.15, -0.1) is 0 Å². The lowest BCUT2D eigenvalue weighted by Crippen LogP contribution is -2.00. The van der Waals surface area contributed by atoms with Gasteiger partial charge in [-0.2, -0.15) is 0 Å². The smallest absolute Gasteiger partial charge is 0.371 e. The first-order valence-electron chi connectivity index (χ1n) is 5.78. The third-order valence-electron chi connectivity index (χ3n) is 2.75. The van der Waals surface area contributed by atoms with Gasteiger partial charge in [0.2, 0.25) is 11.5 Å². The van der Waals surface area contributed by atoms with Gasteiger partial charge in [-0.1, -0.05) is 17.7 Å². The topological polar surface area (TPSA) is 103 Å². The van der Waals surface area contributed by atoms with Crippen LogP contribution in [0.15, 0.2) is 28.7 Å². The summed E-state index contributed by atoms with van der Waals surface area (Å²) < 4.78 is 10.4. The first kappa shape index (κ1) is 14.9. The third kappa shape index (κ3) is 3.14. The van der Waals surface area contributed by atoms with E-state index in [9.17, 15) is 14.9 Å². The zero-order valence-electron chi connectivity index (χ0n) is 10.8. The molecule has 21 heavy (non-hydrogen) atoms. The van der Waals surface area contributed by atoms with Crippen LogP contribution in [0.4, 0.5) is 5.69 Å². The van der Waals surface area contributed by atoms with Crippen LogP contribution in [0.3, 0.4) is 0 Å². The van der Waals surface area contributed by atoms with Crippen molar-refractivity contribution in [3.8, 4) is 5.75 Å². The largest absolute Gasteiger partial charge is 0.481 e. The summed E-state index contributed by atoms with van der Waals surface area (Å²) in [5.41, 5.74) is 0.212. The van der Waals surface area contributed by atoms with Crippen molar-refractivity contribution >= 4 is 23.3 Å². The quantitative estimate of drug-likeness (QED) is 0.670. The minimum absolute atomic E-state index is 0.0679. The second-order valence-corrected chi connectivity index (χ2v) is 4.54. The predicted octanol–water partition coefficient (Wildman–Crippen LogP) is 3.43. The molecule has 0 radical (unpaired) electrons. The summed E-state index contributed by atoms with van der Waals surface area (Å²) in [6.07, 6.45) is 0. The molecular formula is C13H10ClNO6. The Bertz CT molecular complexity index is 709. The van der Waals surface area contributed by atoms with Gasteiger partial charge in [0.05, 0.1) is 9.95 Å². The number of para-hydroxylation sites is 1. The Balaban J connectivity index is 2.24. The van der Waals surface area contributed by atoms with Crippen molar-refractivity contribution < 1.29 is 24.0 Å². The minimum Gasteiger partial charge on any atom is -0.481 e. The Morgan fingerprint density at radius 2 is 2.24 bits per heavy atom. The molecule has 0 spiro atoms. The molecule has 0 saturated heterocycles. The van der Waals surface area contributed by atoms with Gasteiger partial charge in [-0.3, -0.25) is 10.1 Å². The normalized spacial score (nSPS) is 10.4. The molecular weight excluding hydrogens is 302 g/mol. The number of nitro benzene ring substituents is 1. The summed E-state index contributed by atoms with van der Waals surface area (Å²) in [7, 11) is 0. The molecule has 0 saturated carbocycles. The highest BCUT2D eigenvalue weighted by Crippen LogP contribution is 2.35. The fraction of sp³-hybridized carbons (Fsp3) is 0.154. The van der Waals surface area contributed by atoms with Crippen LogP contribution in [0, 0.1) is 17.0 Å². The number of hydrogen-bond donors (Lipinski definition) is 1. The number of aryl methyl sites for hydroxylation is 1. The average molecular weight is 312 g/mol. The predicted molar refractivity (Wildman–Crippen MR) is 72.8 cm³/mol. The maximum absolute atomic E-state index is 10.9. The SMILES string of the molecule is Cc1oc(C(=O)O)cc1COc1c(Cl)cccc1[N+](=O)[O-]. The van der Waals surface area contributed by atoms with Crippen molar-refractivity contribution in [1.82, 2.24) is 0 Å². The van der Waals surface area contributed by atoms with E-state index in [1.54, 1.807) is 6.92 Å². The number of furan rings is 1. The summed E-state index contributed by atoms with van der Waals surface area (Å²) in [6, 6.07) is 5.49. The van der Waals surface area contributed by atoms with Crippen LogP contribution in [0.2, 0.25) is 5.02 Å². The maximum atomic E-state index is 10.9. The van der Waals surface area contributed by atoms with E-state index < -0.39 is 10.9 Å². The summed E-state index contributed by atoms with van der Waals surface area (Å²) in [4.78, 5) is 21.1. The molecule has 0 unspecified atom stereocenters. The molecule has 0 fully saturated rings. The lowest BCUT2D eigenvalue weighted by atomic mass is 10.2. The molecule has 0 aliphatic rings. The van der Waals surface area contributed by atoms with E-state index in [4.69, 9.17) is 25.9 Å². The van der Waals surface area contributed by atoms with E-state index >= 15 is 0 Å². The van der Waals surface area contributed by atoms with E-state index in [0.717, 1.165) is 0 Å². The fourth-order valence-corrected chi connectivity index (χ4v) is 1.93. The van der Waals surface area contributed by atoms with Crippen molar-refractivity contribution in [3.63, 3.8) is 0 Å². The Hall–Kier alpha value is -2.54. The number of carboxylic acid groups (broad SMARTS) is 1. The lowest BCUT2D eigenvalue weighted by molar-refractivity contribution is -0.385. The minimum atomic E-state index is -1.20. The molecule has 2 aromatic rings. The maximum Gasteiger partial charge on any atom is 0.371 e. The zero-order valence-corrected chi connectivity index (χ0v) is 11.6. The van der Waals surface area contributed by atoms with Crippen LogP contribution < -0.4 is 4.74 Å². The summed E-state index contributed by atoms with van der Waals surface area (Å²) >= 11 is 5.89. The number of aromatic carboxylic acids is 1. The summed E-state index contributed by atoms with van der Waals surface area (Å²) in [5.74, 6) is -1.13. The van der Waals surface area contributed by atoms with Gasteiger partial charge in [0.15, 0.2) is 0 Å². The van der Waals surface area contributed by atoms with Gasteiger partial charge in [0, 0.05) is 11.6 Å². The molecule has 1 aromatic heterocycles. The van der Waals surface area contributed by atoms with Gasteiger partial charge in [-0.25, -0.2) is 4.79 Å². The second kappa shape index (κ2) is 5.84. The van der Waals surface area contributed by atoms with Gasteiger partial charge >= 0.3 is 11.7 Å². The monoisotopic (exact) mass is 311 g/mol. The fourth-order valence-electron chi connectivity index (χ4n) is 1.70. The van der Waals surface area contributed by atoms with E-state index in [0.29, 0.717) is 11.3 Å². The van der Waals surface area contributed by atoms with Crippen molar-refractivity contribution in [2.75, 3.05) is 0 Å². The molecule has 0 bridgehead atoms. The van der Waals surface area contributed by atoms with Gasteiger partial charge in [0.1, 0.15) is 12.4 Å². The van der Waals surface area contributed by atoms with Crippen LogP contribution in [-0.4, -0.2) is 16.0 Å². The van der Waals surface area contributed by atoms with Gasteiger partial charge < -0.3 is 14.3 Å². The van der Waals surface area contributed by atoms with E-state index in [-0.39, 0.29) is 28.8 Å². The lowest BCUT2D eigenvalue weighted by Gasteiger charge is -2.07. The van der Waals surface area contributed by atoms with Gasteiger partial charge in [0.25, 0.3) is 0 Å². The van der Waals surface area contributed by atoms with Crippen LogP contribution in [-0.2, 0) is 6.61 Å². The highest BCUT2D eigenvalue weighted by molar-refractivity contribution is 6.32. The second-order valence-electron chi connectivity index (χ2n) is 4.13. The molecule has 2 rings (SSSR count). The first-order chi connectivity index (χ1) is 9.90. The van der Waals surface area contributed by atoms with Crippen LogP contribution in [0.1, 0.15) is 21.9 Å². The molecule has 110 valence electrons. The number of halogens is 1. The molecule has 8 heteroatoms. The number of benzene rings is 1. The molecule has 1 heterocycles. The molecule has 1 N–H and O–H groups in total. The Morgan fingerprint density at radius 1 is 1.52 bits per heavy atom. The molecule has 0 atom stereocenters. The van der Waals surface area contributed by atoms with E-state index in [1.165, 1.54) is 24.3 Å². The first-order valence-corrected chi connectivity index (χ1v) is 6.16. The highest BCUT2D eigenvalue weighted by atomic mass is 35.5. The van der Waals surface area contributed by atoms with E-state index in [2.05, 4.69) is 0 Å². The number of rotatable bonds is 5. The zero-order chi connectivity index (χ0) is 15.6. The Kier molecular flexibility index (Phi) is 4.13. The van der Waals surface area contributed by atoms with Crippen LogP contribution in [0.5, 0.6) is 5.75 Å². The Labute approximate surface area is 123 Å². The standard InChI is InChI=1S/C13H10ClNO6/c1-7-8(5-11(21-7)13(16)17)6-20-12-9(14)3-2-4-10(12)15(18)19/h2-5H,6H2,1H3,(H,16,17). The van der Waals surface area contributed by atoms with E-state index in [1.807, 2.05) is 0 Å². The number of hydrogen-bond acceptors (Lipinski definition) is 5. The number of ether oxygens (including phenoxy) is 1. The van der Waals surface area contributed by atoms with Crippen LogP contribution in [0.25, 0.3) is 0 Å². The van der Waals surface area contributed by atoms with Crippen LogP contribution >= 0.6 is 11.6 Å². The van der Waals surface area contributed by atoms with Gasteiger partial charge in [-0.05, 0) is 19.1 Å². The summed E-state index contributed by atoms with van der Waals surface area (Å²) in [5, 5.41) is 19.8. The molecule has 0 aliphatic heterocycles. The number of nitro groups is 1.